The molecule has 2 N–H and O–H groups in total. The molecule has 0 radical (unpaired) electrons. The van der Waals surface area contributed by atoms with Crippen molar-refractivity contribution in [2.45, 2.75) is 36.2 Å². The van der Waals surface area contributed by atoms with Crippen LogP contribution in [0.15, 0.2) is 65.6 Å². The van der Waals surface area contributed by atoms with Gasteiger partial charge < -0.3 is 5.32 Å². The number of hydrogen-bond acceptors (Lipinski definition) is 3. The summed E-state index contributed by atoms with van der Waals surface area (Å²) >= 11 is 0. The molecule has 0 spiro atoms. The highest BCUT2D eigenvalue weighted by molar-refractivity contribution is 7.89. The average Bonchev–Trinajstić information content (AvgIpc) is 3.37. The number of nitrogens with one attached hydrogen (secondary N) is 2. The van der Waals surface area contributed by atoms with E-state index in [1.54, 1.807) is 25.1 Å². The van der Waals surface area contributed by atoms with Gasteiger partial charge in [0.25, 0.3) is 0 Å². The molecular formula is C18H20N2O3S. The van der Waals surface area contributed by atoms with Gasteiger partial charge in [-0.3, -0.25) is 4.79 Å². The molecule has 1 unspecified atom stereocenters. The van der Waals surface area contributed by atoms with Crippen molar-refractivity contribution < 1.29 is 13.2 Å². The predicted molar refractivity (Wildman–Crippen MR) is 91.7 cm³/mol. The summed E-state index contributed by atoms with van der Waals surface area (Å²) < 4.78 is 27.0. The number of amides is 1. The van der Waals surface area contributed by atoms with Crippen LogP contribution in [0.3, 0.4) is 0 Å². The van der Waals surface area contributed by atoms with Crippen LogP contribution in [0.2, 0.25) is 0 Å². The average molecular weight is 344 g/mol. The number of hydrogen-bond donors (Lipinski definition) is 2. The van der Waals surface area contributed by atoms with Crippen molar-refractivity contribution in [1.29, 1.82) is 0 Å². The third-order valence-electron chi connectivity index (χ3n) is 4.22. The highest BCUT2D eigenvalue weighted by atomic mass is 32.2. The Hall–Kier alpha value is -2.18. The van der Waals surface area contributed by atoms with E-state index in [9.17, 15) is 13.2 Å². The van der Waals surface area contributed by atoms with Crippen LogP contribution in [0, 0.1) is 0 Å². The summed E-state index contributed by atoms with van der Waals surface area (Å²) in [6.07, 6.45) is 1.72. The summed E-state index contributed by atoms with van der Waals surface area (Å²) in [4.78, 5) is 12.6. The largest absolute Gasteiger partial charge is 0.345 e. The molecule has 1 aliphatic carbocycles. The molecule has 1 fully saturated rings. The normalized spacial score (nSPS) is 17.0. The Morgan fingerprint density at radius 3 is 2.08 bits per heavy atom. The molecule has 24 heavy (non-hydrogen) atoms. The van der Waals surface area contributed by atoms with Crippen molar-refractivity contribution in [1.82, 2.24) is 10.0 Å². The van der Waals surface area contributed by atoms with Crippen LogP contribution in [-0.4, -0.2) is 20.4 Å². The minimum absolute atomic E-state index is 0.147. The van der Waals surface area contributed by atoms with E-state index in [4.69, 9.17) is 0 Å². The quantitative estimate of drug-likeness (QED) is 0.843. The fourth-order valence-corrected chi connectivity index (χ4v) is 3.89. The van der Waals surface area contributed by atoms with Crippen LogP contribution >= 0.6 is 0 Å². The highest BCUT2D eigenvalue weighted by Crippen LogP contribution is 2.45. The standard InChI is InChI=1S/C18H20N2O3S/c1-14(20-24(22,23)16-10-6-3-7-11-16)17(21)19-18(12-13-18)15-8-4-2-5-9-15/h2-11,14,20H,12-13H2,1H3,(H,19,21). The van der Waals surface area contributed by atoms with Crippen LogP contribution in [0.5, 0.6) is 0 Å². The Labute approximate surface area is 142 Å². The lowest BCUT2D eigenvalue weighted by atomic mass is 10.0. The van der Waals surface area contributed by atoms with Gasteiger partial charge in [-0.2, -0.15) is 4.72 Å². The van der Waals surface area contributed by atoms with E-state index >= 15 is 0 Å². The summed E-state index contributed by atoms with van der Waals surface area (Å²) in [5.41, 5.74) is 0.696. The SMILES string of the molecule is CC(NS(=O)(=O)c1ccccc1)C(=O)NC1(c2ccccc2)CC1. The van der Waals surface area contributed by atoms with E-state index in [2.05, 4.69) is 10.0 Å². The number of benzene rings is 2. The summed E-state index contributed by atoms with van der Waals surface area (Å²) in [7, 11) is -3.72. The van der Waals surface area contributed by atoms with Crippen LogP contribution < -0.4 is 10.0 Å². The Bertz CT molecular complexity index is 816. The van der Waals surface area contributed by atoms with E-state index in [1.165, 1.54) is 12.1 Å². The first-order valence-corrected chi connectivity index (χ1v) is 9.36. The molecular weight excluding hydrogens is 324 g/mol. The van der Waals surface area contributed by atoms with Gasteiger partial charge in [0.1, 0.15) is 0 Å². The minimum atomic E-state index is -3.72. The van der Waals surface area contributed by atoms with Crippen molar-refractivity contribution >= 4 is 15.9 Å². The molecule has 0 bridgehead atoms. The molecule has 0 aliphatic heterocycles. The zero-order valence-electron chi connectivity index (χ0n) is 13.4. The number of sulfonamides is 1. The molecule has 1 aliphatic rings. The monoisotopic (exact) mass is 344 g/mol. The Balaban J connectivity index is 1.68. The topological polar surface area (TPSA) is 75.3 Å². The molecule has 0 aromatic heterocycles. The molecule has 3 rings (SSSR count). The van der Waals surface area contributed by atoms with E-state index in [-0.39, 0.29) is 16.3 Å². The second-order valence-corrected chi connectivity index (χ2v) is 7.81. The van der Waals surface area contributed by atoms with Gasteiger partial charge in [0.2, 0.25) is 15.9 Å². The molecule has 6 heteroatoms. The van der Waals surface area contributed by atoms with Crippen LogP contribution in [0.25, 0.3) is 0 Å². The molecule has 0 heterocycles. The van der Waals surface area contributed by atoms with Gasteiger partial charge in [0, 0.05) is 0 Å². The van der Waals surface area contributed by atoms with Crippen molar-refractivity contribution in [2.75, 3.05) is 0 Å². The third kappa shape index (κ3) is 3.49. The van der Waals surface area contributed by atoms with Gasteiger partial charge in [-0.05, 0) is 37.5 Å². The van der Waals surface area contributed by atoms with E-state index in [0.29, 0.717) is 0 Å². The second-order valence-electron chi connectivity index (χ2n) is 6.09. The van der Waals surface area contributed by atoms with Crippen LogP contribution in [-0.2, 0) is 20.4 Å². The van der Waals surface area contributed by atoms with Gasteiger partial charge >= 0.3 is 0 Å². The number of rotatable bonds is 6. The smallest absolute Gasteiger partial charge is 0.241 e. The van der Waals surface area contributed by atoms with Gasteiger partial charge in [-0.25, -0.2) is 8.42 Å². The molecule has 0 saturated heterocycles. The molecule has 1 amide bonds. The summed E-state index contributed by atoms with van der Waals surface area (Å²) in [5, 5.41) is 2.99. The predicted octanol–water partition coefficient (Wildman–Crippen LogP) is 2.16. The van der Waals surface area contributed by atoms with Crippen molar-refractivity contribution in [2.24, 2.45) is 0 Å². The van der Waals surface area contributed by atoms with Crippen molar-refractivity contribution in [3.63, 3.8) is 0 Å². The summed E-state index contributed by atoms with van der Waals surface area (Å²) in [6.45, 7) is 1.55. The lowest BCUT2D eigenvalue weighted by Gasteiger charge is -2.21. The molecule has 2 aromatic carbocycles. The van der Waals surface area contributed by atoms with Crippen molar-refractivity contribution in [3.05, 3.63) is 66.2 Å². The first-order valence-electron chi connectivity index (χ1n) is 7.88. The highest BCUT2D eigenvalue weighted by Gasteiger charge is 2.46. The fourth-order valence-electron chi connectivity index (χ4n) is 2.67. The van der Waals surface area contributed by atoms with Crippen molar-refractivity contribution in [3.8, 4) is 0 Å². The fraction of sp³-hybridized carbons (Fsp3) is 0.278. The number of carbonyl (C=O) groups is 1. The maximum atomic E-state index is 12.4. The third-order valence-corrected chi connectivity index (χ3v) is 5.77. The maximum Gasteiger partial charge on any atom is 0.241 e. The van der Waals surface area contributed by atoms with E-state index in [1.807, 2.05) is 30.3 Å². The van der Waals surface area contributed by atoms with E-state index in [0.717, 1.165) is 18.4 Å². The lowest BCUT2D eigenvalue weighted by Crippen LogP contribution is -2.48. The van der Waals surface area contributed by atoms with E-state index < -0.39 is 16.1 Å². The zero-order valence-corrected chi connectivity index (χ0v) is 14.2. The second kappa shape index (κ2) is 6.37. The lowest BCUT2D eigenvalue weighted by molar-refractivity contribution is -0.123. The first-order chi connectivity index (χ1) is 11.4. The minimum Gasteiger partial charge on any atom is -0.345 e. The zero-order chi connectivity index (χ0) is 17.2. The van der Waals surface area contributed by atoms with Crippen LogP contribution in [0.4, 0.5) is 0 Å². The van der Waals surface area contributed by atoms with Gasteiger partial charge in [-0.1, -0.05) is 48.5 Å². The van der Waals surface area contributed by atoms with Crippen LogP contribution in [0.1, 0.15) is 25.3 Å². The summed E-state index contributed by atoms with van der Waals surface area (Å²) in [6, 6.07) is 16.9. The Morgan fingerprint density at radius 2 is 1.54 bits per heavy atom. The maximum absolute atomic E-state index is 12.4. The van der Waals surface area contributed by atoms with Gasteiger partial charge in [0.15, 0.2) is 0 Å². The molecule has 1 saturated carbocycles. The molecule has 126 valence electrons. The molecule has 2 aromatic rings. The molecule has 5 nitrogen and oxygen atoms in total. The summed E-state index contributed by atoms with van der Waals surface area (Å²) in [5.74, 6) is -0.323. The van der Waals surface area contributed by atoms with Gasteiger partial charge in [-0.15, -0.1) is 0 Å². The Morgan fingerprint density at radius 1 is 1.00 bits per heavy atom. The van der Waals surface area contributed by atoms with Gasteiger partial charge in [0.05, 0.1) is 16.5 Å². The first kappa shape index (κ1) is 16.7. The Kier molecular flexibility index (Phi) is 4.43. The number of carbonyl (C=O) groups excluding carboxylic acids is 1. The molecule has 1 atom stereocenters.